The van der Waals surface area contributed by atoms with Crippen LogP contribution in [0.4, 0.5) is 0 Å². The molecule has 1 heteroatoms. The molecule has 0 aromatic heterocycles. The second-order valence-corrected chi connectivity index (χ2v) is 4.55. The maximum Gasteiger partial charge on any atom is 0.0154 e. The average molecular weight is 153 g/mol. The van der Waals surface area contributed by atoms with Crippen molar-refractivity contribution in [3.8, 4) is 0 Å². The quantitative estimate of drug-likeness (QED) is 0.662. The van der Waals surface area contributed by atoms with E-state index >= 15 is 0 Å². The van der Waals surface area contributed by atoms with Crippen molar-refractivity contribution in [2.45, 2.75) is 56.9 Å². The Kier molecular flexibility index (Phi) is 1.92. The minimum atomic E-state index is 0.266. The molecule has 0 spiro atoms. The molecule has 2 aliphatic carbocycles. The summed E-state index contributed by atoms with van der Waals surface area (Å²) in [7, 11) is 0. The van der Waals surface area contributed by atoms with Crippen LogP contribution >= 0.6 is 0 Å². The van der Waals surface area contributed by atoms with Crippen LogP contribution in [0.1, 0.15) is 51.4 Å². The Balaban J connectivity index is 1.73. The van der Waals surface area contributed by atoms with Crippen LogP contribution in [0.15, 0.2) is 0 Å². The Hall–Kier alpha value is -0.0400. The van der Waals surface area contributed by atoms with E-state index in [1.165, 1.54) is 51.4 Å². The molecule has 64 valence electrons. The molecule has 1 nitrogen and oxygen atoms in total. The van der Waals surface area contributed by atoms with Crippen molar-refractivity contribution in [2.24, 2.45) is 11.7 Å². The fraction of sp³-hybridized carbons (Fsp3) is 1.00. The number of nitrogens with two attached hydrogens (primary N) is 1. The number of hydrogen-bond donors (Lipinski definition) is 1. The number of rotatable bonds is 3. The van der Waals surface area contributed by atoms with Gasteiger partial charge in [0.25, 0.3) is 0 Å². The van der Waals surface area contributed by atoms with Gasteiger partial charge in [-0.05, 0) is 31.6 Å². The minimum absolute atomic E-state index is 0.266. The molecule has 11 heavy (non-hydrogen) atoms. The van der Waals surface area contributed by atoms with Gasteiger partial charge >= 0.3 is 0 Å². The predicted molar refractivity (Wildman–Crippen MR) is 47.3 cm³/mol. The van der Waals surface area contributed by atoms with E-state index in [-0.39, 0.29) is 5.54 Å². The van der Waals surface area contributed by atoms with Gasteiger partial charge in [-0.1, -0.05) is 25.7 Å². The molecule has 0 amide bonds. The summed E-state index contributed by atoms with van der Waals surface area (Å²) in [5.41, 5.74) is 6.50. The summed E-state index contributed by atoms with van der Waals surface area (Å²) in [4.78, 5) is 0. The molecule has 2 aliphatic rings. The maximum absolute atomic E-state index is 6.24. The van der Waals surface area contributed by atoms with E-state index in [4.69, 9.17) is 5.73 Å². The standard InChI is InChI=1S/C10H19N/c11-10(6-1-2-7-10)8-5-9-3-4-9/h9H,1-8,11H2. The number of hydrogen-bond acceptors (Lipinski definition) is 1. The highest BCUT2D eigenvalue weighted by molar-refractivity contribution is 4.90. The zero-order valence-corrected chi connectivity index (χ0v) is 7.31. The van der Waals surface area contributed by atoms with Crippen molar-refractivity contribution < 1.29 is 0 Å². The van der Waals surface area contributed by atoms with Crippen LogP contribution in [0.25, 0.3) is 0 Å². The van der Waals surface area contributed by atoms with E-state index in [1.54, 1.807) is 0 Å². The summed E-state index contributed by atoms with van der Waals surface area (Å²) in [5.74, 6) is 1.07. The maximum atomic E-state index is 6.24. The lowest BCUT2D eigenvalue weighted by atomic mass is 9.92. The Morgan fingerprint density at radius 3 is 2.36 bits per heavy atom. The third kappa shape index (κ3) is 1.96. The first-order chi connectivity index (χ1) is 5.29. The average Bonchev–Trinajstić information content (AvgIpc) is 2.73. The van der Waals surface area contributed by atoms with Gasteiger partial charge in [0.2, 0.25) is 0 Å². The molecule has 0 radical (unpaired) electrons. The molecule has 0 saturated heterocycles. The Morgan fingerprint density at radius 2 is 1.82 bits per heavy atom. The third-order valence-electron chi connectivity index (χ3n) is 3.35. The lowest BCUT2D eigenvalue weighted by Gasteiger charge is -2.22. The molecular weight excluding hydrogens is 134 g/mol. The van der Waals surface area contributed by atoms with Gasteiger partial charge in [-0.15, -0.1) is 0 Å². The van der Waals surface area contributed by atoms with Crippen molar-refractivity contribution >= 4 is 0 Å². The molecule has 0 aliphatic heterocycles. The van der Waals surface area contributed by atoms with Gasteiger partial charge < -0.3 is 5.73 Å². The SMILES string of the molecule is NC1(CCC2CC2)CCCC1. The van der Waals surface area contributed by atoms with Gasteiger partial charge in [0, 0.05) is 5.54 Å². The Morgan fingerprint density at radius 1 is 1.18 bits per heavy atom. The molecule has 0 bridgehead atoms. The molecule has 0 aromatic carbocycles. The predicted octanol–water partition coefficient (Wildman–Crippen LogP) is 2.45. The lowest BCUT2D eigenvalue weighted by Crippen LogP contribution is -2.36. The highest BCUT2D eigenvalue weighted by atomic mass is 14.7. The summed E-state index contributed by atoms with van der Waals surface area (Å²) < 4.78 is 0. The lowest BCUT2D eigenvalue weighted by molar-refractivity contribution is 0.383. The van der Waals surface area contributed by atoms with Gasteiger partial charge in [0.05, 0.1) is 0 Å². The van der Waals surface area contributed by atoms with Crippen LogP contribution in [-0.2, 0) is 0 Å². The first kappa shape index (κ1) is 7.60. The monoisotopic (exact) mass is 153 g/mol. The topological polar surface area (TPSA) is 26.0 Å². The molecule has 2 saturated carbocycles. The van der Waals surface area contributed by atoms with Gasteiger partial charge in [-0.2, -0.15) is 0 Å². The smallest absolute Gasteiger partial charge is 0.0154 e. The van der Waals surface area contributed by atoms with E-state index in [0.717, 1.165) is 5.92 Å². The normalized spacial score (nSPS) is 29.2. The molecule has 2 rings (SSSR count). The van der Waals surface area contributed by atoms with Gasteiger partial charge in [0.15, 0.2) is 0 Å². The van der Waals surface area contributed by atoms with Crippen LogP contribution in [0, 0.1) is 5.92 Å². The summed E-state index contributed by atoms with van der Waals surface area (Å²) >= 11 is 0. The van der Waals surface area contributed by atoms with Crippen LogP contribution in [0.3, 0.4) is 0 Å². The molecular formula is C10H19N. The highest BCUT2D eigenvalue weighted by Gasteiger charge is 2.31. The zero-order chi connectivity index (χ0) is 7.73. The Bertz CT molecular complexity index is 132. The molecule has 0 heterocycles. The summed E-state index contributed by atoms with van der Waals surface area (Å²) in [6.07, 6.45) is 11.0. The minimum Gasteiger partial charge on any atom is -0.325 e. The van der Waals surface area contributed by atoms with E-state index in [2.05, 4.69) is 0 Å². The fourth-order valence-electron chi connectivity index (χ4n) is 2.23. The molecule has 0 unspecified atom stereocenters. The van der Waals surface area contributed by atoms with Crippen molar-refractivity contribution in [3.63, 3.8) is 0 Å². The van der Waals surface area contributed by atoms with E-state index in [9.17, 15) is 0 Å². The molecule has 2 fully saturated rings. The highest BCUT2D eigenvalue weighted by Crippen LogP contribution is 2.38. The fourth-order valence-corrected chi connectivity index (χ4v) is 2.23. The van der Waals surface area contributed by atoms with E-state index in [0.29, 0.717) is 0 Å². The second-order valence-electron chi connectivity index (χ2n) is 4.55. The first-order valence-corrected chi connectivity index (χ1v) is 5.07. The second kappa shape index (κ2) is 2.78. The third-order valence-corrected chi connectivity index (χ3v) is 3.35. The zero-order valence-electron chi connectivity index (χ0n) is 7.31. The molecule has 2 N–H and O–H groups in total. The molecule has 0 aromatic rings. The van der Waals surface area contributed by atoms with Crippen LogP contribution in [0.5, 0.6) is 0 Å². The largest absolute Gasteiger partial charge is 0.325 e. The first-order valence-electron chi connectivity index (χ1n) is 5.07. The van der Waals surface area contributed by atoms with Gasteiger partial charge in [-0.3, -0.25) is 0 Å². The van der Waals surface area contributed by atoms with Crippen molar-refractivity contribution in [1.82, 2.24) is 0 Å². The van der Waals surface area contributed by atoms with Crippen molar-refractivity contribution in [3.05, 3.63) is 0 Å². The summed E-state index contributed by atoms with van der Waals surface area (Å²) in [6.45, 7) is 0. The van der Waals surface area contributed by atoms with Crippen LogP contribution < -0.4 is 5.73 Å². The summed E-state index contributed by atoms with van der Waals surface area (Å²) in [6, 6.07) is 0. The van der Waals surface area contributed by atoms with E-state index in [1.807, 2.05) is 0 Å². The Labute approximate surface area is 69.4 Å². The van der Waals surface area contributed by atoms with Crippen LogP contribution in [0.2, 0.25) is 0 Å². The summed E-state index contributed by atoms with van der Waals surface area (Å²) in [5, 5.41) is 0. The van der Waals surface area contributed by atoms with Crippen LogP contribution in [-0.4, -0.2) is 5.54 Å². The molecule has 0 atom stereocenters. The van der Waals surface area contributed by atoms with Gasteiger partial charge in [0.1, 0.15) is 0 Å². The van der Waals surface area contributed by atoms with Crippen molar-refractivity contribution in [2.75, 3.05) is 0 Å². The van der Waals surface area contributed by atoms with Gasteiger partial charge in [-0.25, -0.2) is 0 Å². The van der Waals surface area contributed by atoms with E-state index < -0.39 is 0 Å². The van der Waals surface area contributed by atoms with Crippen molar-refractivity contribution in [1.29, 1.82) is 0 Å².